The Morgan fingerprint density at radius 2 is 1.15 bits per heavy atom. The third-order valence-corrected chi connectivity index (χ3v) is 5.88. The number of hydrogen-bond donors (Lipinski definition) is 2. The van der Waals surface area contributed by atoms with Gasteiger partial charge in [0.25, 0.3) is 0 Å². The van der Waals surface area contributed by atoms with Crippen LogP contribution in [0.15, 0.2) is 59.7 Å². The lowest BCUT2D eigenvalue weighted by Crippen LogP contribution is -2.05. The highest BCUT2D eigenvalue weighted by atomic mass is 16.3. The van der Waals surface area contributed by atoms with Crippen LogP contribution < -0.4 is 0 Å². The normalized spacial score (nSPS) is 15.8. The van der Waals surface area contributed by atoms with Crippen LogP contribution in [0.1, 0.15) is 42.0 Å². The minimum atomic E-state index is 0.193. The van der Waals surface area contributed by atoms with Gasteiger partial charge in [-0.1, -0.05) is 66.6 Å². The van der Waals surface area contributed by atoms with E-state index < -0.39 is 0 Å². The van der Waals surface area contributed by atoms with E-state index >= 15 is 0 Å². The van der Waals surface area contributed by atoms with Crippen molar-refractivity contribution in [1.82, 2.24) is 0 Å². The van der Waals surface area contributed by atoms with Crippen LogP contribution in [0.3, 0.4) is 0 Å². The molecule has 2 aromatic carbocycles. The quantitative estimate of drug-likeness (QED) is 0.813. The van der Waals surface area contributed by atoms with Gasteiger partial charge >= 0.3 is 0 Å². The standard InChI is InChI=1S/C24H26O2/c1-16(23-19(10-12-25)14-17-6-2-4-8-21(17)23)24-20(11-13-26)15-18-7-3-5-9-22(18)24/h2-9,16,25-26H,10-15H2,1H3. The summed E-state index contributed by atoms with van der Waals surface area (Å²) in [6.45, 7) is 2.68. The number of fused-ring (bicyclic) bond motifs is 2. The Kier molecular flexibility index (Phi) is 4.80. The molecule has 0 saturated heterocycles. The van der Waals surface area contributed by atoms with Crippen molar-refractivity contribution < 1.29 is 10.2 Å². The second kappa shape index (κ2) is 7.22. The van der Waals surface area contributed by atoms with E-state index in [4.69, 9.17) is 0 Å². The average Bonchev–Trinajstić information content (AvgIpc) is 3.19. The Balaban J connectivity index is 1.83. The molecule has 0 atom stereocenters. The number of aliphatic hydroxyl groups excluding tert-OH is 2. The Hall–Kier alpha value is -2.16. The highest BCUT2D eigenvalue weighted by molar-refractivity contribution is 5.90. The molecule has 2 N–H and O–H groups in total. The topological polar surface area (TPSA) is 40.5 Å². The molecule has 2 aliphatic carbocycles. The van der Waals surface area contributed by atoms with Gasteiger partial charge in [0.05, 0.1) is 0 Å². The van der Waals surface area contributed by atoms with Crippen molar-refractivity contribution in [2.24, 2.45) is 5.92 Å². The largest absolute Gasteiger partial charge is 0.396 e. The van der Waals surface area contributed by atoms with Crippen LogP contribution in [0.2, 0.25) is 0 Å². The number of benzene rings is 2. The number of aliphatic hydroxyl groups is 2. The molecule has 2 aromatic rings. The molecule has 0 fully saturated rings. The van der Waals surface area contributed by atoms with Crippen molar-refractivity contribution in [2.45, 2.75) is 32.6 Å². The van der Waals surface area contributed by atoms with Crippen molar-refractivity contribution in [1.29, 1.82) is 0 Å². The molecule has 0 unspecified atom stereocenters. The van der Waals surface area contributed by atoms with Crippen LogP contribution in [0.4, 0.5) is 0 Å². The molecule has 2 aliphatic rings. The summed E-state index contributed by atoms with van der Waals surface area (Å²) in [5.74, 6) is 0.269. The Bertz CT molecular complexity index is 815. The van der Waals surface area contributed by atoms with E-state index in [9.17, 15) is 10.2 Å². The van der Waals surface area contributed by atoms with Gasteiger partial charge in [0.2, 0.25) is 0 Å². The van der Waals surface area contributed by atoms with Crippen LogP contribution in [0.5, 0.6) is 0 Å². The summed E-state index contributed by atoms with van der Waals surface area (Å²) in [6, 6.07) is 17.3. The lowest BCUT2D eigenvalue weighted by atomic mass is 9.83. The fourth-order valence-electron chi connectivity index (χ4n) is 4.84. The predicted molar refractivity (Wildman–Crippen MR) is 107 cm³/mol. The SMILES string of the molecule is CC(C1=C(CCO)Cc2ccccc21)C1=C(CCO)Cc2ccccc21. The van der Waals surface area contributed by atoms with E-state index in [1.807, 2.05) is 0 Å². The molecule has 26 heavy (non-hydrogen) atoms. The van der Waals surface area contributed by atoms with Crippen LogP contribution >= 0.6 is 0 Å². The molecule has 0 amide bonds. The first-order valence-corrected chi connectivity index (χ1v) is 9.56. The number of rotatable bonds is 6. The molecule has 4 rings (SSSR count). The molecule has 0 spiro atoms. The molecule has 0 aliphatic heterocycles. The molecule has 0 radical (unpaired) electrons. The highest BCUT2D eigenvalue weighted by Crippen LogP contribution is 2.48. The fraction of sp³-hybridized carbons (Fsp3) is 0.333. The maximum atomic E-state index is 9.59. The van der Waals surface area contributed by atoms with Crippen molar-refractivity contribution >= 4 is 11.1 Å². The summed E-state index contributed by atoms with van der Waals surface area (Å²) < 4.78 is 0. The monoisotopic (exact) mass is 346 g/mol. The van der Waals surface area contributed by atoms with Crippen molar-refractivity contribution in [3.8, 4) is 0 Å². The minimum Gasteiger partial charge on any atom is -0.396 e. The van der Waals surface area contributed by atoms with E-state index in [0.29, 0.717) is 0 Å². The highest BCUT2D eigenvalue weighted by Gasteiger charge is 2.31. The molecule has 0 bridgehead atoms. The van der Waals surface area contributed by atoms with Gasteiger partial charge in [0, 0.05) is 19.1 Å². The zero-order valence-electron chi connectivity index (χ0n) is 15.3. The van der Waals surface area contributed by atoms with Crippen LogP contribution in [-0.2, 0) is 12.8 Å². The molecule has 2 heteroatoms. The van der Waals surface area contributed by atoms with Gasteiger partial charge in [0.1, 0.15) is 0 Å². The Morgan fingerprint density at radius 3 is 1.58 bits per heavy atom. The first-order chi connectivity index (χ1) is 12.7. The van der Waals surface area contributed by atoms with Gasteiger partial charge < -0.3 is 10.2 Å². The molecule has 2 nitrogen and oxygen atoms in total. The van der Waals surface area contributed by atoms with E-state index in [1.165, 1.54) is 44.5 Å². The first kappa shape index (κ1) is 17.3. The van der Waals surface area contributed by atoms with Gasteiger partial charge in [-0.3, -0.25) is 0 Å². The zero-order chi connectivity index (χ0) is 18.1. The molecule has 0 saturated carbocycles. The lowest BCUT2D eigenvalue weighted by molar-refractivity contribution is 0.298. The molecular formula is C24H26O2. The summed E-state index contributed by atoms with van der Waals surface area (Å²) in [4.78, 5) is 0. The van der Waals surface area contributed by atoms with Crippen molar-refractivity contribution in [3.05, 3.63) is 81.9 Å². The maximum absolute atomic E-state index is 9.59. The Labute approximate surface area is 155 Å². The molecule has 0 aromatic heterocycles. The minimum absolute atomic E-state index is 0.193. The molecule has 134 valence electrons. The fourth-order valence-corrected chi connectivity index (χ4v) is 4.84. The summed E-state index contributed by atoms with van der Waals surface area (Å²) >= 11 is 0. The second-order valence-electron chi connectivity index (χ2n) is 7.37. The second-order valence-corrected chi connectivity index (χ2v) is 7.37. The van der Waals surface area contributed by atoms with Crippen LogP contribution in [0.25, 0.3) is 11.1 Å². The van der Waals surface area contributed by atoms with Gasteiger partial charge in [0.15, 0.2) is 0 Å². The first-order valence-electron chi connectivity index (χ1n) is 9.56. The summed E-state index contributed by atoms with van der Waals surface area (Å²) in [6.07, 6.45) is 3.36. The lowest BCUT2D eigenvalue weighted by Gasteiger charge is -2.21. The predicted octanol–water partition coefficient (Wildman–Crippen LogP) is 4.41. The van der Waals surface area contributed by atoms with Gasteiger partial charge in [-0.15, -0.1) is 0 Å². The Morgan fingerprint density at radius 1 is 0.731 bits per heavy atom. The van der Waals surface area contributed by atoms with E-state index in [0.717, 1.165) is 25.7 Å². The summed E-state index contributed by atoms with van der Waals surface area (Å²) in [5.41, 5.74) is 10.9. The average molecular weight is 346 g/mol. The van der Waals surface area contributed by atoms with Crippen molar-refractivity contribution in [3.63, 3.8) is 0 Å². The summed E-state index contributed by atoms with van der Waals surface area (Å²) in [7, 11) is 0. The molecule has 0 heterocycles. The molecular weight excluding hydrogens is 320 g/mol. The van der Waals surface area contributed by atoms with E-state index in [2.05, 4.69) is 55.5 Å². The van der Waals surface area contributed by atoms with Gasteiger partial charge in [-0.05, 0) is 59.1 Å². The third-order valence-electron chi connectivity index (χ3n) is 5.88. The van der Waals surface area contributed by atoms with Crippen LogP contribution in [-0.4, -0.2) is 23.4 Å². The number of hydrogen-bond acceptors (Lipinski definition) is 2. The van der Waals surface area contributed by atoms with E-state index in [1.54, 1.807) is 0 Å². The third kappa shape index (κ3) is 2.84. The van der Waals surface area contributed by atoms with Gasteiger partial charge in [-0.2, -0.15) is 0 Å². The number of allylic oxidation sites excluding steroid dienone is 2. The smallest absolute Gasteiger partial charge is 0.0468 e. The van der Waals surface area contributed by atoms with Gasteiger partial charge in [-0.25, -0.2) is 0 Å². The summed E-state index contributed by atoms with van der Waals surface area (Å²) in [5, 5.41) is 19.2. The van der Waals surface area contributed by atoms with Crippen LogP contribution in [0, 0.1) is 5.92 Å². The van der Waals surface area contributed by atoms with E-state index in [-0.39, 0.29) is 19.1 Å². The van der Waals surface area contributed by atoms with Crippen molar-refractivity contribution in [2.75, 3.05) is 13.2 Å². The zero-order valence-corrected chi connectivity index (χ0v) is 15.3. The maximum Gasteiger partial charge on any atom is 0.0468 e.